The fourth-order valence-corrected chi connectivity index (χ4v) is 4.47. The molecule has 0 spiro atoms. The van der Waals surface area contributed by atoms with E-state index in [9.17, 15) is 15.2 Å². The van der Waals surface area contributed by atoms with Crippen LogP contribution in [0.1, 0.15) is 73.3 Å². The third-order valence-corrected chi connectivity index (χ3v) is 6.50. The van der Waals surface area contributed by atoms with Gasteiger partial charge in [0.05, 0.1) is 29.9 Å². The summed E-state index contributed by atoms with van der Waals surface area (Å²) in [4.78, 5) is 19.0. The summed E-state index contributed by atoms with van der Waals surface area (Å²) < 4.78 is 9.22. The largest absolute Gasteiger partial charge is 0.443 e. The average molecular weight is 494 g/mol. The van der Waals surface area contributed by atoms with Crippen molar-refractivity contribution in [3.63, 3.8) is 0 Å². The smallest absolute Gasteiger partial charge is 0.415 e. The maximum atomic E-state index is 12.9. The maximum Gasteiger partial charge on any atom is 0.415 e. The van der Waals surface area contributed by atoms with Crippen LogP contribution in [0, 0.1) is 11.3 Å². The van der Waals surface area contributed by atoms with E-state index in [1.165, 1.54) is 4.90 Å². The number of nitriles is 1. The molecule has 1 fully saturated rings. The highest BCUT2D eigenvalue weighted by atomic mass is 16.6. The van der Waals surface area contributed by atoms with Crippen LogP contribution in [0.2, 0.25) is 0 Å². The fraction of sp³-hybridized carbons (Fsp3) is 0.577. The van der Waals surface area contributed by atoms with Gasteiger partial charge in [-0.1, -0.05) is 0 Å². The number of rotatable bonds is 5. The second-order valence-corrected chi connectivity index (χ2v) is 10.9. The van der Waals surface area contributed by atoms with E-state index in [1.807, 2.05) is 44.6 Å². The van der Waals surface area contributed by atoms with Gasteiger partial charge in [0.25, 0.3) is 0 Å². The summed E-state index contributed by atoms with van der Waals surface area (Å²) in [5, 5.41) is 29.8. The molecule has 0 radical (unpaired) electrons. The molecule has 36 heavy (non-hydrogen) atoms. The maximum absolute atomic E-state index is 12.9. The number of carbonyl (C=O) groups is 1. The second kappa shape index (κ2) is 9.54. The molecule has 3 heterocycles. The van der Waals surface area contributed by atoms with Crippen LogP contribution in [0.25, 0.3) is 22.2 Å². The SMILES string of the molecule is CCN(C(=O)OC(C)(C)C)c1cc2c(cn1)c(-c1cnn(C(C)(C)C#N)c1)nn2C1CCC(O)CC1. The minimum Gasteiger partial charge on any atom is -0.443 e. The number of pyridine rings is 1. The van der Waals surface area contributed by atoms with Crippen molar-refractivity contribution >= 4 is 22.8 Å². The Morgan fingerprint density at radius 2 is 1.92 bits per heavy atom. The van der Waals surface area contributed by atoms with Crippen LogP contribution >= 0.6 is 0 Å². The molecule has 1 aliphatic rings. The molecule has 0 unspecified atom stereocenters. The first kappa shape index (κ1) is 25.6. The van der Waals surface area contributed by atoms with Gasteiger partial charge in [0.1, 0.15) is 22.7 Å². The highest BCUT2D eigenvalue weighted by Gasteiger charge is 2.28. The highest BCUT2D eigenvalue weighted by Crippen LogP contribution is 2.36. The molecule has 10 heteroatoms. The molecular formula is C26H35N7O3. The van der Waals surface area contributed by atoms with E-state index in [4.69, 9.17) is 9.84 Å². The lowest BCUT2D eigenvalue weighted by molar-refractivity contribution is 0.0581. The van der Waals surface area contributed by atoms with Crippen LogP contribution in [-0.2, 0) is 10.3 Å². The third-order valence-electron chi connectivity index (χ3n) is 6.50. The van der Waals surface area contributed by atoms with Gasteiger partial charge in [0.15, 0.2) is 0 Å². The molecule has 10 nitrogen and oxygen atoms in total. The lowest BCUT2D eigenvalue weighted by Crippen LogP contribution is -2.37. The summed E-state index contributed by atoms with van der Waals surface area (Å²) in [5.41, 5.74) is 0.939. The number of fused-ring (bicyclic) bond motifs is 1. The quantitative estimate of drug-likeness (QED) is 0.542. The lowest BCUT2D eigenvalue weighted by Gasteiger charge is -2.27. The van der Waals surface area contributed by atoms with E-state index in [-0.39, 0.29) is 12.1 Å². The van der Waals surface area contributed by atoms with Gasteiger partial charge in [-0.2, -0.15) is 15.5 Å². The Morgan fingerprint density at radius 3 is 2.53 bits per heavy atom. The first-order valence-electron chi connectivity index (χ1n) is 12.5. The minimum absolute atomic E-state index is 0.113. The van der Waals surface area contributed by atoms with E-state index in [2.05, 4.69) is 16.2 Å². The zero-order valence-electron chi connectivity index (χ0n) is 21.9. The van der Waals surface area contributed by atoms with Crippen molar-refractivity contribution in [2.45, 2.75) is 90.5 Å². The van der Waals surface area contributed by atoms with Crippen LogP contribution in [0.5, 0.6) is 0 Å². The molecule has 1 saturated carbocycles. The molecule has 3 aromatic rings. The average Bonchev–Trinajstić information content (AvgIpc) is 3.44. The summed E-state index contributed by atoms with van der Waals surface area (Å²) >= 11 is 0. The number of aliphatic hydroxyl groups excluding tert-OH is 1. The molecule has 4 rings (SSSR count). The lowest BCUT2D eigenvalue weighted by atomic mass is 9.93. The van der Waals surface area contributed by atoms with Gasteiger partial charge in [-0.05, 0) is 67.2 Å². The van der Waals surface area contributed by atoms with Crippen molar-refractivity contribution in [2.75, 3.05) is 11.4 Å². The van der Waals surface area contributed by atoms with E-state index in [1.54, 1.807) is 30.9 Å². The van der Waals surface area contributed by atoms with Gasteiger partial charge < -0.3 is 9.84 Å². The van der Waals surface area contributed by atoms with E-state index < -0.39 is 17.2 Å². The number of amides is 1. The van der Waals surface area contributed by atoms with Crippen LogP contribution in [-0.4, -0.2) is 54.0 Å². The van der Waals surface area contributed by atoms with Crippen molar-refractivity contribution in [1.29, 1.82) is 5.26 Å². The van der Waals surface area contributed by atoms with Crippen LogP contribution in [0.4, 0.5) is 10.6 Å². The number of hydrogen-bond acceptors (Lipinski definition) is 7. The number of aromatic nitrogens is 5. The van der Waals surface area contributed by atoms with Crippen LogP contribution in [0.15, 0.2) is 24.7 Å². The Morgan fingerprint density at radius 1 is 1.22 bits per heavy atom. The standard InChI is InChI=1S/C26H35N7O3/c1-7-31(24(35)36-25(2,3)4)22-12-21-20(14-28-22)23(17-13-29-32(15-17)26(5,6)16-27)30-33(21)18-8-10-19(34)11-9-18/h12-15,18-19,34H,7-11H2,1-6H3. The summed E-state index contributed by atoms with van der Waals surface area (Å²) in [6.07, 6.45) is 7.58. The predicted octanol–water partition coefficient (Wildman–Crippen LogP) is 4.79. The van der Waals surface area contributed by atoms with Gasteiger partial charge in [-0.15, -0.1) is 0 Å². The zero-order valence-corrected chi connectivity index (χ0v) is 21.9. The molecule has 1 N–H and O–H groups in total. The number of aliphatic hydroxyl groups is 1. The first-order chi connectivity index (χ1) is 16.9. The highest BCUT2D eigenvalue weighted by molar-refractivity contribution is 5.96. The van der Waals surface area contributed by atoms with Crippen LogP contribution in [0.3, 0.4) is 0 Å². The monoisotopic (exact) mass is 493 g/mol. The normalized spacial score (nSPS) is 18.7. The van der Waals surface area contributed by atoms with Crippen molar-refractivity contribution in [3.05, 3.63) is 24.7 Å². The number of hydrogen-bond donors (Lipinski definition) is 1. The van der Waals surface area contributed by atoms with Gasteiger partial charge in [-0.25, -0.2) is 9.78 Å². The Kier molecular flexibility index (Phi) is 6.80. The molecule has 192 valence electrons. The predicted molar refractivity (Wildman–Crippen MR) is 136 cm³/mol. The first-order valence-corrected chi connectivity index (χ1v) is 12.5. The van der Waals surface area contributed by atoms with E-state index in [0.29, 0.717) is 25.2 Å². The Hall–Kier alpha value is -3.45. The van der Waals surface area contributed by atoms with Crippen LogP contribution < -0.4 is 4.90 Å². The topological polar surface area (TPSA) is 122 Å². The van der Waals surface area contributed by atoms with Crippen molar-refractivity contribution in [2.24, 2.45) is 0 Å². The molecular weight excluding hydrogens is 458 g/mol. The second-order valence-electron chi connectivity index (χ2n) is 10.9. The summed E-state index contributed by atoms with van der Waals surface area (Å²) in [6, 6.07) is 4.26. The molecule has 1 amide bonds. The van der Waals surface area contributed by atoms with Gasteiger partial charge in [0.2, 0.25) is 0 Å². The molecule has 1 aliphatic carbocycles. The van der Waals surface area contributed by atoms with Crippen molar-refractivity contribution < 1.29 is 14.6 Å². The molecule has 0 aliphatic heterocycles. The number of carbonyl (C=O) groups excluding carboxylic acids is 1. The number of nitrogens with zero attached hydrogens (tertiary/aromatic N) is 7. The number of ether oxygens (including phenoxy) is 1. The van der Waals surface area contributed by atoms with Crippen molar-refractivity contribution in [1.82, 2.24) is 24.5 Å². The summed E-state index contributed by atoms with van der Waals surface area (Å²) in [5.74, 6) is 0.490. The Bertz CT molecular complexity index is 1290. The molecule has 0 aromatic carbocycles. The molecule has 0 atom stereocenters. The summed E-state index contributed by atoms with van der Waals surface area (Å²) in [7, 11) is 0. The van der Waals surface area contributed by atoms with Gasteiger partial charge >= 0.3 is 6.09 Å². The zero-order chi connectivity index (χ0) is 26.3. The van der Waals surface area contributed by atoms with Gasteiger partial charge in [-0.3, -0.25) is 14.3 Å². The molecule has 0 bridgehead atoms. The van der Waals surface area contributed by atoms with Gasteiger partial charge in [0, 0.05) is 36.0 Å². The van der Waals surface area contributed by atoms with E-state index in [0.717, 1.165) is 35.0 Å². The minimum atomic E-state index is -0.795. The van der Waals surface area contributed by atoms with E-state index >= 15 is 0 Å². The summed E-state index contributed by atoms with van der Waals surface area (Å²) in [6.45, 7) is 11.4. The number of anilines is 1. The molecule has 3 aromatic heterocycles. The fourth-order valence-electron chi connectivity index (χ4n) is 4.47. The molecule has 0 saturated heterocycles. The third kappa shape index (κ3) is 5.07. The van der Waals surface area contributed by atoms with Crippen molar-refractivity contribution in [3.8, 4) is 17.3 Å². The Balaban J connectivity index is 1.81. The Labute approximate surface area is 211 Å².